The van der Waals surface area contributed by atoms with Crippen molar-refractivity contribution in [1.29, 1.82) is 0 Å². The molecule has 1 unspecified atom stereocenters. The van der Waals surface area contributed by atoms with Gasteiger partial charge in [0, 0.05) is 11.9 Å². The largest absolute Gasteiger partial charge is 0.240 e. The Morgan fingerprint density at radius 3 is 2.38 bits per heavy atom. The first-order valence-corrected chi connectivity index (χ1v) is 9.68. The molecular formula is C16H26ClNO2S. The number of alkyl halides is 1. The zero-order valence-electron chi connectivity index (χ0n) is 12.9. The number of unbranched alkanes of at least 4 members (excludes halogenated alkanes) is 3. The molecule has 3 nitrogen and oxygen atoms in total. The van der Waals surface area contributed by atoms with Gasteiger partial charge in [-0.3, -0.25) is 0 Å². The second-order valence-electron chi connectivity index (χ2n) is 5.45. The molecule has 0 radical (unpaired) electrons. The van der Waals surface area contributed by atoms with Crippen LogP contribution in [0.3, 0.4) is 0 Å². The van der Waals surface area contributed by atoms with E-state index < -0.39 is 10.0 Å². The molecule has 1 aromatic carbocycles. The second-order valence-corrected chi connectivity index (χ2v) is 7.55. The summed E-state index contributed by atoms with van der Waals surface area (Å²) in [5.41, 5.74) is 1.05. The van der Waals surface area contributed by atoms with Crippen LogP contribution in [0.15, 0.2) is 29.2 Å². The van der Waals surface area contributed by atoms with Crippen molar-refractivity contribution in [3.8, 4) is 0 Å². The molecule has 0 aliphatic heterocycles. The van der Waals surface area contributed by atoms with Crippen molar-refractivity contribution in [3.05, 3.63) is 29.8 Å². The van der Waals surface area contributed by atoms with Crippen molar-refractivity contribution in [2.45, 2.75) is 63.3 Å². The number of hydrogen-bond acceptors (Lipinski definition) is 2. The average molecular weight is 332 g/mol. The van der Waals surface area contributed by atoms with Gasteiger partial charge in [-0.05, 0) is 37.5 Å². The highest BCUT2D eigenvalue weighted by Gasteiger charge is 2.16. The third kappa shape index (κ3) is 6.81. The summed E-state index contributed by atoms with van der Waals surface area (Å²) >= 11 is 5.67. The van der Waals surface area contributed by atoms with Crippen molar-refractivity contribution in [2.75, 3.05) is 5.88 Å². The van der Waals surface area contributed by atoms with Crippen LogP contribution in [0.1, 0.15) is 51.5 Å². The van der Waals surface area contributed by atoms with Gasteiger partial charge in [-0.2, -0.15) is 0 Å². The maximum atomic E-state index is 12.3. The van der Waals surface area contributed by atoms with E-state index in [1.807, 2.05) is 19.1 Å². The Kier molecular flexibility index (Phi) is 8.30. The predicted octanol–water partition coefficient (Wildman–Crippen LogP) is 4.11. The molecular weight excluding hydrogens is 306 g/mol. The normalized spacial score (nSPS) is 13.3. The highest BCUT2D eigenvalue weighted by molar-refractivity contribution is 7.89. The standard InChI is InChI=1S/C16H26ClNO2S/c1-3-4-5-6-7-14(2)18-21(19,20)16-10-8-15(9-11-16)12-13-17/h8-11,14,18H,3-7,12-13H2,1-2H3. The Hall–Kier alpha value is -0.580. The van der Waals surface area contributed by atoms with Gasteiger partial charge in [0.25, 0.3) is 0 Å². The van der Waals surface area contributed by atoms with Gasteiger partial charge in [0.1, 0.15) is 0 Å². The fourth-order valence-electron chi connectivity index (χ4n) is 2.21. The molecule has 1 N–H and O–H groups in total. The minimum absolute atomic E-state index is 0.0330. The first kappa shape index (κ1) is 18.5. The van der Waals surface area contributed by atoms with Gasteiger partial charge in [-0.25, -0.2) is 13.1 Å². The lowest BCUT2D eigenvalue weighted by molar-refractivity contribution is 0.522. The summed E-state index contributed by atoms with van der Waals surface area (Å²) in [5.74, 6) is 0.541. The molecule has 0 aliphatic rings. The average Bonchev–Trinajstić information content (AvgIpc) is 2.44. The van der Waals surface area contributed by atoms with Gasteiger partial charge in [-0.15, -0.1) is 11.6 Å². The van der Waals surface area contributed by atoms with E-state index in [0.717, 1.165) is 31.2 Å². The Morgan fingerprint density at radius 2 is 1.81 bits per heavy atom. The summed E-state index contributed by atoms with van der Waals surface area (Å²) < 4.78 is 27.3. The molecule has 120 valence electrons. The van der Waals surface area contributed by atoms with Crippen molar-refractivity contribution < 1.29 is 8.42 Å². The van der Waals surface area contributed by atoms with Crippen molar-refractivity contribution >= 4 is 21.6 Å². The third-order valence-electron chi connectivity index (χ3n) is 3.46. The van der Waals surface area contributed by atoms with Gasteiger partial charge < -0.3 is 0 Å². The van der Waals surface area contributed by atoms with Crippen LogP contribution in [0.4, 0.5) is 0 Å². The first-order valence-electron chi connectivity index (χ1n) is 7.67. The summed E-state index contributed by atoms with van der Waals surface area (Å²) in [6, 6.07) is 6.91. The molecule has 1 rings (SSSR count). The Balaban J connectivity index is 2.55. The first-order chi connectivity index (χ1) is 9.99. The van der Waals surface area contributed by atoms with Crippen LogP contribution in [0.2, 0.25) is 0 Å². The van der Waals surface area contributed by atoms with E-state index >= 15 is 0 Å². The van der Waals surface area contributed by atoms with Crippen LogP contribution in [0.25, 0.3) is 0 Å². The summed E-state index contributed by atoms with van der Waals surface area (Å²) in [4.78, 5) is 0.321. The van der Waals surface area contributed by atoms with E-state index in [0.29, 0.717) is 10.8 Å². The predicted molar refractivity (Wildman–Crippen MR) is 89.4 cm³/mol. The van der Waals surface area contributed by atoms with Crippen molar-refractivity contribution in [1.82, 2.24) is 4.72 Å². The third-order valence-corrected chi connectivity index (χ3v) is 5.26. The van der Waals surface area contributed by atoms with E-state index in [-0.39, 0.29) is 6.04 Å². The molecule has 0 bridgehead atoms. The molecule has 0 saturated carbocycles. The quantitative estimate of drug-likeness (QED) is 0.518. The molecule has 0 fully saturated rings. The van der Waals surface area contributed by atoms with Gasteiger partial charge in [0.05, 0.1) is 4.90 Å². The minimum atomic E-state index is -3.42. The highest BCUT2D eigenvalue weighted by atomic mass is 35.5. The van der Waals surface area contributed by atoms with Gasteiger partial charge >= 0.3 is 0 Å². The molecule has 0 heterocycles. The molecule has 0 saturated heterocycles. The van der Waals surface area contributed by atoms with Gasteiger partial charge in [0.2, 0.25) is 10.0 Å². The second kappa shape index (κ2) is 9.44. The monoisotopic (exact) mass is 331 g/mol. The van der Waals surface area contributed by atoms with Crippen LogP contribution in [0, 0.1) is 0 Å². The Labute approximate surface area is 134 Å². The van der Waals surface area contributed by atoms with E-state index in [1.165, 1.54) is 12.8 Å². The van der Waals surface area contributed by atoms with E-state index in [1.54, 1.807) is 12.1 Å². The van der Waals surface area contributed by atoms with Gasteiger partial charge in [0.15, 0.2) is 0 Å². The summed E-state index contributed by atoms with van der Waals surface area (Å²) in [6.45, 7) is 4.09. The van der Waals surface area contributed by atoms with Crippen molar-refractivity contribution in [3.63, 3.8) is 0 Å². The Morgan fingerprint density at radius 1 is 1.14 bits per heavy atom. The van der Waals surface area contributed by atoms with E-state index in [2.05, 4.69) is 11.6 Å². The van der Waals surface area contributed by atoms with Crippen LogP contribution in [-0.2, 0) is 16.4 Å². The van der Waals surface area contributed by atoms with Gasteiger partial charge in [-0.1, -0.05) is 44.7 Å². The molecule has 0 aliphatic carbocycles. The highest BCUT2D eigenvalue weighted by Crippen LogP contribution is 2.13. The van der Waals surface area contributed by atoms with Crippen LogP contribution < -0.4 is 4.72 Å². The van der Waals surface area contributed by atoms with Crippen molar-refractivity contribution in [2.24, 2.45) is 0 Å². The molecule has 0 amide bonds. The zero-order chi connectivity index (χ0) is 15.7. The lowest BCUT2D eigenvalue weighted by atomic mass is 10.1. The summed E-state index contributed by atoms with van der Waals surface area (Å²) in [6.07, 6.45) is 6.25. The lowest BCUT2D eigenvalue weighted by Crippen LogP contribution is -2.32. The van der Waals surface area contributed by atoms with E-state index in [4.69, 9.17) is 11.6 Å². The molecule has 0 spiro atoms. The smallest absolute Gasteiger partial charge is 0.208 e. The fourth-order valence-corrected chi connectivity index (χ4v) is 3.71. The number of nitrogens with one attached hydrogen (secondary N) is 1. The molecule has 1 atom stereocenters. The van der Waals surface area contributed by atoms with Crippen LogP contribution in [-0.4, -0.2) is 20.3 Å². The number of aryl methyl sites for hydroxylation is 1. The number of sulfonamides is 1. The number of rotatable bonds is 10. The molecule has 1 aromatic rings. The maximum absolute atomic E-state index is 12.3. The number of benzene rings is 1. The number of halogens is 1. The SMILES string of the molecule is CCCCCCC(C)NS(=O)(=O)c1ccc(CCCl)cc1. The number of hydrogen-bond donors (Lipinski definition) is 1. The summed E-state index contributed by atoms with van der Waals surface area (Å²) in [7, 11) is -3.42. The minimum Gasteiger partial charge on any atom is -0.208 e. The zero-order valence-corrected chi connectivity index (χ0v) is 14.5. The lowest BCUT2D eigenvalue weighted by Gasteiger charge is -2.14. The fraction of sp³-hybridized carbons (Fsp3) is 0.625. The van der Waals surface area contributed by atoms with Crippen LogP contribution in [0.5, 0.6) is 0 Å². The maximum Gasteiger partial charge on any atom is 0.240 e. The molecule has 21 heavy (non-hydrogen) atoms. The Bertz CT molecular complexity index is 500. The summed E-state index contributed by atoms with van der Waals surface area (Å²) in [5, 5.41) is 0. The molecule has 0 aromatic heterocycles. The molecule has 5 heteroatoms. The van der Waals surface area contributed by atoms with E-state index in [9.17, 15) is 8.42 Å². The van der Waals surface area contributed by atoms with Crippen LogP contribution >= 0.6 is 11.6 Å². The topological polar surface area (TPSA) is 46.2 Å².